The van der Waals surface area contributed by atoms with Gasteiger partial charge in [0.25, 0.3) is 0 Å². The third-order valence-electron chi connectivity index (χ3n) is 3.21. The highest BCUT2D eigenvalue weighted by atomic mass is 35.5. The van der Waals surface area contributed by atoms with E-state index in [9.17, 15) is 13.2 Å². The normalized spacial score (nSPS) is 19.6. The van der Waals surface area contributed by atoms with Gasteiger partial charge in [-0.15, -0.1) is 11.8 Å². The number of sulfonamides is 1. The Morgan fingerprint density at radius 3 is 2.95 bits per heavy atom. The van der Waals surface area contributed by atoms with E-state index in [1.165, 1.54) is 35.3 Å². The van der Waals surface area contributed by atoms with E-state index >= 15 is 0 Å². The van der Waals surface area contributed by atoms with Crippen LogP contribution in [0.2, 0.25) is 5.02 Å². The minimum absolute atomic E-state index is 0.109. The molecule has 1 atom stereocenters. The van der Waals surface area contributed by atoms with Gasteiger partial charge in [-0.3, -0.25) is 4.79 Å². The standard InChI is InChI=1S/C13H16ClNO4S2/c1-19-13(16)9-20-11-5-6-15(8-11)21(17,18)12-4-2-3-10(14)7-12/h2-4,7,11H,5-6,8-9H2,1H3/t11-/m1/s1. The zero-order chi connectivity index (χ0) is 15.5. The molecular formula is C13H16ClNO4S2. The fraction of sp³-hybridized carbons (Fsp3) is 0.462. The first-order valence-corrected chi connectivity index (χ1v) is 9.24. The third-order valence-corrected chi connectivity index (χ3v) is 6.56. The van der Waals surface area contributed by atoms with E-state index in [1.54, 1.807) is 12.1 Å². The van der Waals surface area contributed by atoms with Crippen LogP contribution in [0.1, 0.15) is 6.42 Å². The number of hydrogen-bond acceptors (Lipinski definition) is 5. The summed E-state index contributed by atoms with van der Waals surface area (Å²) < 4.78 is 31.0. The molecule has 0 spiro atoms. The SMILES string of the molecule is COC(=O)CS[C@@H]1CCN(S(=O)(=O)c2cccc(Cl)c2)C1. The number of carbonyl (C=O) groups is 1. The van der Waals surface area contributed by atoms with Gasteiger partial charge in [0, 0.05) is 23.4 Å². The van der Waals surface area contributed by atoms with Crippen molar-refractivity contribution < 1.29 is 17.9 Å². The molecule has 1 aliphatic heterocycles. The smallest absolute Gasteiger partial charge is 0.315 e. The van der Waals surface area contributed by atoms with E-state index in [-0.39, 0.29) is 21.9 Å². The second kappa shape index (κ2) is 7.00. The zero-order valence-electron chi connectivity index (χ0n) is 11.5. The van der Waals surface area contributed by atoms with Crippen molar-refractivity contribution in [2.75, 3.05) is 26.0 Å². The van der Waals surface area contributed by atoms with Gasteiger partial charge in [0.2, 0.25) is 10.0 Å². The fourth-order valence-corrected chi connectivity index (χ4v) is 5.02. The molecule has 1 heterocycles. The molecule has 1 aromatic rings. The maximum absolute atomic E-state index is 12.5. The molecule has 2 rings (SSSR count). The van der Waals surface area contributed by atoms with Crippen molar-refractivity contribution in [3.63, 3.8) is 0 Å². The molecule has 1 saturated heterocycles. The van der Waals surface area contributed by atoms with E-state index in [4.69, 9.17) is 11.6 Å². The van der Waals surface area contributed by atoms with Crippen LogP contribution in [-0.4, -0.2) is 49.9 Å². The van der Waals surface area contributed by atoms with Gasteiger partial charge in [-0.1, -0.05) is 17.7 Å². The van der Waals surface area contributed by atoms with Crippen LogP contribution in [0, 0.1) is 0 Å². The Kier molecular flexibility index (Phi) is 5.54. The van der Waals surface area contributed by atoms with Crippen LogP contribution in [0.5, 0.6) is 0 Å². The summed E-state index contributed by atoms with van der Waals surface area (Å²) in [6.45, 7) is 0.851. The molecule has 1 aliphatic rings. The number of nitrogens with zero attached hydrogens (tertiary/aromatic N) is 1. The van der Waals surface area contributed by atoms with Gasteiger partial charge < -0.3 is 4.74 Å². The lowest BCUT2D eigenvalue weighted by Gasteiger charge is -2.16. The predicted molar refractivity (Wildman–Crippen MR) is 83.1 cm³/mol. The average Bonchev–Trinajstić information content (AvgIpc) is 2.94. The lowest BCUT2D eigenvalue weighted by atomic mass is 10.4. The summed E-state index contributed by atoms with van der Waals surface area (Å²) in [4.78, 5) is 11.3. The second-order valence-corrected chi connectivity index (χ2v) is 8.28. The summed E-state index contributed by atoms with van der Waals surface area (Å²) in [5, 5.41) is 0.505. The van der Waals surface area contributed by atoms with Crippen molar-refractivity contribution in [1.82, 2.24) is 4.31 Å². The van der Waals surface area contributed by atoms with Gasteiger partial charge >= 0.3 is 5.97 Å². The lowest BCUT2D eigenvalue weighted by Crippen LogP contribution is -2.29. The monoisotopic (exact) mass is 349 g/mol. The van der Waals surface area contributed by atoms with Crippen molar-refractivity contribution in [2.24, 2.45) is 0 Å². The van der Waals surface area contributed by atoms with Gasteiger partial charge in [0.1, 0.15) is 0 Å². The molecule has 0 bridgehead atoms. The van der Waals surface area contributed by atoms with Gasteiger partial charge in [0.15, 0.2) is 0 Å². The quantitative estimate of drug-likeness (QED) is 0.761. The topological polar surface area (TPSA) is 63.7 Å². The molecule has 21 heavy (non-hydrogen) atoms. The zero-order valence-corrected chi connectivity index (χ0v) is 13.9. The number of halogens is 1. The van der Waals surface area contributed by atoms with Crippen LogP contribution < -0.4 is 0 Å². The van der Waals surface area contributed by atoms with E-state index < -0.39 is 10.0 Å². The van der Waals surface area contributed by atoms with Crippen molar-refractivity contribution in [3.8, 4) is 0 Å². The molecule has 0 amide bonds. The molecule has 1 aromatic carbocycles. The second-order valence-electron chi connectivity index (χ2n) is 4.62. The number of methoxy groups -OCH3 is 1. The van der Waals surface area contributed by atoms with E-state index in [2.05, 4.69) is 4.74 Å². The minimum Gasteiger partial charge on any atom is -0.468 e. The number of ether oxygens (including phenoxy) is 1. The summed E-state index contributed by atoms with van der Waals surface area (Å²) >= 11 is 7.28. The maximum atomic E-state index is 12.5. The highest BCUT2D eigenvalue weighted by molar-refractivity contribution is 8.00. The highest BCUT2D eigenvalue weighted by Crippen LogP contribution is 2.28. The molecule has 1 fully saturated rings. The Morgan fingerprint density at radius 1 is 1.52 bits per heavy atom. The summed E-state index contributed by atoms with van der Waals surface area (Å²) in [6, 6.07) is 6.25. The Bertz CT molecular complexity index is 620. The molecule has 8 heteroatoms. The summed E-state index contributed by atoms with van der Waals surface area (Å²) in [5.41, 5.74) is 0. The molecule has 0 aliphatic carbocycles. The first-order valence-electron chi connectivity index (χ1n) is 6.37. The molecule has 0 saturated carbocycles. The Labute approximate surface area is 133 Å². The Balaban J connectivity index is 2.01. The van der Waals surface area contributed by atoms with Crippen LogP contribution >= 0.6 is 23.4 Å². The molecule has 0 N–H and O–H groups in total. The third kappa shape index (κ3) is 4.12. The van der Waals surface area contributed by atoms with Crippen molar-refractivity contribution in [3.05, 3.63) is 29.3 Å². The van der Waals surface area contributed by atoms with Gasteiger partial charge in [-0.05, 0) is 24.6 Å². The minimum atomic E-state index is -3.52. The van der Waals surface area contributed by atoms with E-state index in [0.717, 1.165) is 6.42 Å². The first kappa shape index (κ1) is 16.6. The summed E-state index contributed by atoms with van der Waals surface area (Å²) in [7, 11) is -2.18. The number of rotatable bonds is 5. The molecular weight excluding hydrogens is 334 g/mol. The first-order chi connectivity index (χ1) is 9.93. The Hall–Kier alpha value is -0.760. The van der Waals surface area contributed by atoms with Crippen molar-refractivity contribution >= 4 is 39.4 Å². The number of benzene rings is 1. The van der Waals surface area contributed by atoms with E-state index in [0.29, 0.717) is 18.1 Å². The van der Waals surface area contributed by atoms with Crippen LogP contribution in [0.25, 0.3) is 0 Å². The number of hydrogen-bond donors (Lipinski definition) is 0. The van der Waals surface area contributed by atoms with Crippen molar-refractivity contribution in [2.45, 2.75) is 16.6 Å². The number of thioether (sulfide) groups is 1. The van der Waals surface area contributed by atoms with Crippen LogP contribution in [0.3, 0.4) is 0 Å². The molecule has 5 nitrogen and oxygen atoms in total. The highest BCUT2D eigenvalue weighted by Gasteiger charge is 2.33. The van der Waals surface area contributed by atoms with E-state index in [1.807, 2.05) is 0 Å². The van der Waals surface area contributed by atoms with Crippen LogP contribution in [0.4, 0.5) is 0 Å². The lowest BCUT2D eigenvalue weighted by molar-refractivity contribution is -0.137. The molecule has 116 valence electrons. The van der Waals surface area contributed by atoms with Crippen LogP contribution in [-0.2, 0) is 19.6 Å². The predicted octanol–water partition coefficient (Wildman–Crippen LogP) is 2.01. The molecule has 0 unspecified atom stereocenters. The maximum Gasteiger partial charge on any atom is 0.315 e. The average molecular weight is 350 g/mol. The van der Waals surface area contributed by atoms with Crippen LogP contribution in [0.15, 0.2) is 29.2 Å². The summed E-state index contributed by atoms with van der Waals surface area (Å²) in [5.74, 6) is -0.0530. The van der Waals surface area contributed by atoms with Gasteiger partial charge in [-0.2, -0.15) is 4.31 Å². The molecule has 0 radical (unpaired) electrons. The Morgan fingerprint density at radius 2 is 2.29 bits per heavy atom. The number of carbonyl (C=O) groups excluding carboxylic acids is 1. The largest absolute Gasteiger partial charge is 0.468 e. The number of esters is 1. The fourth-order valence-electron chi connectivity index (χ4n) is 2.07. The van der Waals surface area contributed by atoms with Crippen molar-refractivity contribution in [1.29, 1.82) is 0 Å². The summed E-state index contributed by atoms with van der Waals surface area (Å²) in [6.07, 6.45) is 0.724. The van der Waals surface area contributed by atoms with Gasteiger partial charge in [0.05, 0.1) is 17.8 Å². The molecule has 0 aromatic heterocycles. The van der Waals surface area contributed by atoms with Gasteiger partial charge in [-0.25, -0.2) is 8.42 Å².